The second kappa shape index (κ2) is 10.0. The molecule has 0 aliphatic carbocycles. The Kier molecular flexibility index (Phi) is 7.72. The molecule has 2 rings (SSSR count). The molecular weight excluding hydrogens is 379 g/mol. The summed E-state index contributed by atoms with van der Waals surface area (Å²) in [6.07, 6.45) is 0.420. The highest BCUT2D eigenvalue weighted by atomic mass is 19.1. The molecule has 0 bridgehead atoms. The Balaban J connectivity index is 2.45. The zero-order valence-electron chi connectivity index (χ0n) is 16.9. The third kappa shape index (κ3) is 5.77. The van der Waals surface area contributed by atoms with Crippen molar-refractivity contribution in [2.45, 2.75) is 33.2 Å². The molecule has 0 atom stereocenters. The molecular formula is C20H27FN4O4. The molecule has 9 heteroatoms. The van der Waals surface area contributed by atoms with Crippen LogP contribution in [0, 0.1) is 11.7 Å². The number of halogens is 1. The van der Waals surface area contributed by atoms with E-state index in [-0.39, 0.29) is 36.3 Å². The number of hydrogen-bond acceptors (Lipinski definition) is 5. The van der Waals surface area contributed by atoms with Gasteiger partial charge in [-0.2, -0.15) is 0 Å². The first kappa shape index (κ1) is 22.4. The number of H-pyrrole nitrogens is 1. The number of nitrogens with two attached hydrogens (primary N) is 1. The number of nitrogen functional groups attached to an aromatic ring is 1. The van der Waals surface area contributed by atoms with Crippen molar-refractivity contribution in [2.24, 2.45) is 5.92 Å². The van der Waals surface area contributed by atoms with Gasteiger partial charge in [0.15, 0.2) is 5.69 Å². The highest BCUT2D eigenvalue weighted by Gasteiger charge is 2.24. The Hall–Kier alpha value is -2.94. The number of ether oxygens (including phenoxy) is 1. The maximum atomic E-state index is 13.1. The van der Waals surface area contributed by atoms with Crippen molar-refractivity contribution in [3.8, 4) is 0 Å². The zero-order valence-corrected chi connectivity index (χ0v) is 16.9. The number of benzene rings is 1. The zero-order chi connectivity index (χ0) is 21.6. The van der Waals surface area contributed by atoms with Gasteiger partial charge >= 0.3 is 5.69 Å². The van der Waals surface area contributed by atoms with Gasteiger partial charge in [-0.15, -0.1) is 0 Å². The molecule has 1 aromatic carbocycles. The molecule has 0 aliphatic rings. The second-order valence-corrected chi connectivity index (χ2v) is 7.19. The Morgan fingerprint density at radius 3 is 2.52 bits per heavy atom. The van der Waals surface area contributed by atoms with Gasteiger partial charge in [-0.3, -0.25) is 19.1 Å². The van der Waals surface area contributed by atoms with Gasteiger partial charge < -0.3 is 15.4 Å². The summed E-state index contributed by atoms with van der Waals surface area (Å²) in [6.45, 7) is 4.68. The summed E-state index contributed by atoms with van der Waals surface area (Å²) in [4.78, 5) is 41.3. The fourth-order valence-corrected chi connectivity index (χ4v) is 2.99. The average Bonchev–Trinajstić information content (AvgIpc) is 2.65. The van der Waals surface area contributed by atoms with E-state index in [0.717, 1.165) is 0 Å². The first-order chi connectivity index (χ1) is 13.7. The number of carbonyl (C=O) groups is 1. The largest absolute Gasteiger partial charge is 0.385 e. The van der Waals surface area contributed by atoms with Gasteiger partial charge in [-0.05, 0) is 30.0 Å². The van der Waals surface area contributed by atoms with Crippen molar-refractivity contribution in [1.29, 1.82) is 0 Å². The third-order valence-electron chi connectivity index (χ3n) is 4.33. The van der Waals surface area contributed by atoms with E-state index < -0.39 is 17.1 Å². The highest BCUT2D eigenvalue weighted by molar-refractivity contribution is 5.96. The van der Waals surface area contributed by atoms with E-state index in [1.807, 2.05) is 13.8 Å². The lowest BCUT2D eigenvalue weighted by atomic mass is 10.1. The molecule has 8 nitrogen and oxygen atoms in total. The number of nitrogens with one attached hydrogen (secondary N) is 1. The van der Waals surface area contributed by atoms with Gasteiger partial charge in [0.2, 0.25) is 5.91 Å². The van der Waals surface area contributed by atoms with Crippen LogP contribution in [0.3, 0.4) is 0 Å². The van der Waals surface area contributed by atoms with E-state index in [4.69, 9.17) is 10.5 Å². The van der Waals surface area contributed by atoms with Gasteiger partial charge in [-0.25, -0.2) is 9.18 Å². The molecule has 0 saturated heterocycles. The van der Waals surface area contributed by atoms with Crippen LogP contribution in [-0.2, 0) is 22.5 Å². The number of amides is 1. The van der Waals surface area contributed by atoms with Crippen LogP contribution in [0.5, 0.6) is 0 Å². The average molecular weight is 406 g/mol. The van der Waals surface area contributed by atoms with E-state index in [2.05, 4.69) is 4.98 Å². The standard InChI is InChI=1S/C20H27FN4O4/c1-13(2)12-25-18(22)17(19(27)23-20(25)28)24(9-4-10-29-3)16(26)11-14-5-7-15(21)8-6-14/h5-8,13H,4,9-12,22H2,1-3H3,(H,23,27,28). The molecule has 0 unspecified atom stereocenters. The van der Waals surface area contributed by atoms with E-state index in [0.29, 0.717) is 25.1 Å². The number of anilines is 2. The smallest absolute Gasteiger partial charge is 0.330 e. The first-order valence-corrected chi connectivity index (χ1v) is 9.41. The first-order valence-electron chi connectivity index (χ1n) is 9.41. The van der Waals surface area contributed by atoms with Gasteiger partial charge in [0.25, 0.3) is 5.56 Å². The van der Waals surface area contributed by atoms with Crippen LogP contribution in [0.25, 0.3) is 0 Å². The predicted molar refractivity (Wildman–Crippen MR) is 110 cm³/mol. The van der Waals surface area contributed by atoms with Crippen LogP contribution in [-0.4, -0.2) is 35.7 Å². The molecule has 29 heavy (non-hydrogen) atoms. The number of aromatic amines is 1. The maximum absolute atomic E-state index is 13.1. The third-order valence-corrected chi connectivity index (χ3v) is 4.33. The fraction of sp³-hybridized carbons (Fsp3) is 0.450. The van der Waals surface area contributed by atoms with Crippen LogP contribution >= 0.6 is 0 Å². The molecule has 1 aromatic heterocycles. The van der Waals surface area contributed by atoms with Gasteiger partial charge in [0, 0.05) is 26.8 Å². The lowest BCUT2D eigenvalue weighted by Crippen LogP contribution is -2.42. The molecule has 0 radical (unpaired) electrons. The van der Waals surface area contributed by atoms with Crippen molar-refractivity contribution in [1.82, 2.24) is 9.55 Å². The topological polar surface area (TPSA) is 110 Å². The summed E-state index contributed by atoms with van der Waals surface area (Å²) >= 11 is 0. The second-order valence-electron chi connectivity index (χ2n) is 7.19. The fourth-order valence-electron chi connectivity index (χ4n) is 2.99. The molecule has 3 N–H and O–H groups in total. The lowest BCUT2D eigenvalue weighted by Gasteiger charge is -2.25. The predicted octanol–water partition coefficient (Wildman–Crippen LogP) is 1.53. The lowest BCUT2D eigenvalue weighted by molar-refractivity contribution is -0.118. The molecule has 0 fully saturated rings. The van der Waals surface area contributed by atoms with Gasteiger partial charge in [0.1, 0.15) is 11.6 Å². The number of methoxy groups -OCH3 is 1. The molecule has 158 valence electrons. The number of aromatic nitrogens is 2. The summed E-state index contributed by atoms with van der Waals surface area (Å²) in [7, 11) is 1.54. The van der Waals surface area contributed by atoms with E-state index in [9.17, 15) is 18.8 Å². The molecule has 0 saturated carbocycles. The number of rotatable bonds is 9. The van der Waals surface area contributed by atoms with E-state index in [1.165, 1.54) is 40.8 Å². The molecule has 1 amide bonds. The van der Waals surface area contributed by atoms with E-state index in [1.54, 1.807) is 0 Å². The SMILES string of the molecule is COCCCN(C(=O)Cc1ccc(F)cc1)c1c(N)n(CC(C)C)c(=O)[nH]c1=O. The molecule has 2 aromatic rings. The maximum Gasteiger partial charge on any atom is 0.330 e. The van der Waals surface area contributed by atoms with Crippen molar-refractivity contribution < 1.29 is 13.9 Å². The minimum absolute atomic E-state index is 0.0462. The van der Waals surface area contributed by atoms with E-state index >= 15 is 0 Å². The number of nitrogens with zero attached hydrogens (tertiary/aromatic N) is 2. The Morgan fingerprint density at radius 2 is 1.93 bits per heavy atom. The number of hydrogen-bond donors (Lipinski definition) is 2. The Morgan fingerprint density at radius 1 is 1.28 bits per heavy atom. The Bertz CT molecular complexity index is 950. The summed E-state index contributed by atoms with van der Waals surface area (Å²) in [6, 6.07) is 5.55. The number of carbonyl (C=O) groups excluding carboxylic acids is 1. The molecule has 0 spiro atoms. The van der Waals surface area contributed by atoms with Crippen LogP contribution in [0.4, 0.5) is 15.9 Å². The van der Waals surface area contributed by atoms with Gasteiger partial charge in [-0.1, -0.05) is 26.0 Å². The van der Waals surface area contributed by atoms with Crippen LogP contribution in [0.15, 0.2) is 33.9 Å². The normalized spacial score (nSPS) is 11.1. The summed E-state index contributed by atoms with van der Waals surface area (Å²) < 4.78 is 19.4. The van der Waals surface area contributed by atoms with Crippen molar-refractivity contribution in [3.05, 3.63) is 56.5 Å². The van der Waals surface area contributed by atoms with Crippen LogP contribution in [0.1, 0.15) is 25.8 Å². The van der Waals surface area contributed by atoms with Crippen molar-refractivity contribution >= 4 is 17.4 Å². The summed E-state index contributed by atoms with van der Waals surface area (Å²) in [5.74, 6) is -0.748. The van der Waals surface area contributed by atoms with Crippen LogP contribution < -0.4 is 21.9 Å². The Labute approximate surface area is 168 Å². The van der Waals surface area contributed by atoms with Crippen molar-refractivity contribution in [3.63, 3.8) is 0 Å². The highest BCUT2D eigenvalue weighted by Crippen LogP contribution is 2.19. The minimum Gasteiger partial charge on any atom is -0.385 e. The quantitative estimate of drug-likeness (QED) is 0.614. The molecule has 0 aliphatic heterocycles. The molecule has 1 heterocycles. The van der Waals surface area contributed by atoms with Crippen molar-refractivity contribution in [2.75, 3.05) is 30.9 Å². The summed E-state index contributed by atoms with van der Waals surface area (Å²) in [5, 5.41) is 0. The monoisotopic (exact) mass is 406 g/mol. The summed E-state index contributed by atoms with van der Waals surface area (Å²) in [5.41, 5.74) is 5.35. The van der Waals surface area contributed by atoms with Crippen LogP contribution in [0.2, 0.25) is 0 Å². The van der Waals surface area contributed by atoms with Gasteiger partial charge in [0.05, 0.1) is 6.42 Å². The minimum atomic E-state index is -0.725.